The van der Waals surface area contributed by atoms with Crippen LogP contribution in [-0.4, -0.2) is 43.7 Å². The summed E-state index contributed by atoms with van der Waals surface area (Å²) in [4.78, 5) is 12.1. The van der Waals surface area contributed by atoms with Crippen LogP contribution in [0.3, 0.4) is 0 Å². The Balaban J connectivity index is 0.00000121. The molecule has 0 atom stereocenters. The van der Waals surface area contributed by atoms with Crippen LogP contribution in [0.4, 0.5) is 0 Å². The first-order valence-corrected chi connectivity index (χ1v) is 3.79. The van der Waals surface area contributed by atoms with Crippen LogP contribution < -0.4 is 5.11 Å². The minimum absolute atomic E-state index is 0. The van der Waals surface area contributed by atoms with Gasteiger partial charge in [0, 0.05) is 25.6 Å². The molecule has 5 heteroatoms. The molecule has 1 aliphatic heterocycles. The van der Waals surface area contributed by atoms with Gasteiger partial charge in [0.1, 0.15) is 0 Å². The molecule has 1 heterocycles. The summed E-state index contributed by atoms with van der Waals surface area (Å²) in [7, 11) is 0. The molecule has 1 rings (SSSR count). The van der Waals surface area contributed by atoms with Crippen molar-refractivity contribution in [1.82, 2.24) is 4.90 Å². The SMILES string of the molecule is O=C([O-])CCN1CCOCC1.[Zn+2]. The minimum atomic E-state index is -0.975. The van der Waals surface area contributed by atoms with Crippen LogP contribution in [0.15, 0.2) is 0 Å². The first kappa shape index (κ1) is 12.0. The molecule has 0 aliphatic carbocycles. The maximum Gasteiger partial charge on any atom is 2.00 e. The van der Waals surface area contributed by atoms with Crippen LogP contribution in [-0.2, 0) is 29.0 Å². The van der Waals surface area contributed by atoms with Crippen molar-refractivity contribution in [2.24, 2.45) is 0 Å². The van der Waals surface area contributed by atoms with Gasteiger partial charge in [0.25, 0.3) is 0 Å². The Labute approximate surface area is 84.6 Å². The van der Waals surface area contributed by atoms with Crippen LogP contribution in [0.1, 0.15) is 6.42 Å². The van der Waals surface area contributed by atoms with Gasteiger partial charge in [-0.1, -0.05) is 0 Å². The molecule has 0 aromatic heterocycles. The summed E-state index contributed by atoms with van der Waals surface area (Å²) in [5.74, 6) is -0.975. The van der Waals surface area contributed by atoms with E-state index in [9.17, 15) is 9.90 Å². The third-order valence-electron chi connectivity index (χ3n) is 1.74. The van der Waals surface area contributed by atoms with Crippen LogP contribution in [0, 0.1) is 0 Å². The maximum atomic E-state index is 10.1. The van der Waals surface area contributed by atoms with Crippen molar-refractivity contribution in [3.63, 3.8) is 0 Å². The summed E-state index contributed by atoms with van der Waals surface area (Å²) >= 11 is 0. The Bertz CT molecular complexity index is 137. The van der Waals surface area contributed by atoms with E-state index in [1.54, 1.807) is 0 Å². The van der Waals surface area contributed by atoms with E-state index in [2.05, 4.69) is 4.90 Å². The number of ether oxygens (including phenoxy) is 1. The van der Waals surface area contributed by atoms with Gasteiger partial charge in [-0.3, -0.25) is 4.90 Å². The Morgan fingerprint density at radius 1 is 1.42 bits per heavy atom. The molecular formula is C7H12NO3Zn+. The van der Waals surface area contributed by atoms with Crippen molar-refractivity contribution < 1.29 is 34.1 Å². The molecule has 0 aromatic rings. The fraction of sp³-hybridized carbons (Fsp3) is 0.857. The number of hydrogen-bond acceptors (Lipinski definition) is 4. The molecule has 12 heavy (non-hydrogen) atoms. The summed E-state index contributed by atoms with van der Waals surface area (Å²) in [6.45, 7) is 3.70. The number of hydrogen-bond donors (Lipinski definition) is 0. The second kappa shape index (κ2) is 6.52. The molecule has 0 radical (unpaired) electrons. The number of carboxylic acids is 1. The van der Waals surface area contributed by atoms with Gasteiger partial charge in [-0.05, 0) is 6.42 Å². The summed E-state index contributed by atoms with van der Waals surface area (Å²) in [5.41, 5.74) is 0. The second-order valence-electron chi connectivity index (χ2n) is 2.58. The first-order chi connectivity index (χ1) is 5.29. The Hall–Kier alpha value is 0.0134. The van der Waals surface area contributed by atoms with Gasteiger partial charge >= 0.3 is 19.5 Å². The van der Waals surface area contributed by atoms with Crippen LogP contribution in [0.5, 0.6) is 0 Å². The topological polar surface area (TPSA) is 52.6 Å². The fourth-order valence-electron chi connectivity index (χ4n) is 1.07. The molecular weight excluding hydrogens is 211 g/mol. The van der Waals surface area contributed by atoms with Gasteiger partial charge in [0.05, 0.1) is 13.2 Å². The zero-order valence-corrected chi connectivity index (χ0v) is 10.1. The number of carbonyl (C=O) groups is 1. The third kappa shape index (κ3) is 4.80. The number of rotatable bonds is 3. The van der Waals surface area contributed by atoms with E-state index in [1.807, 2.05) is 0 Å². The monoisotopic (exact) mass is 222 g/mol. The van der Waals surface area contributed by atoms with Crippen LogP contribution in [0.25, 0.3) is 0 Å². The summed E-state index contributed by atoms with van der Waals surface area (Å²) < 4.78 is 5.10. The molecule has 0 spiro atoms. The first-order valence-electron chi connectivity index (χ1n) is 3.79. The maximum absolute atomic E-state index is 10.1. The molecule has 1 fully saturated rings. The molecule has 0 aromatic carbocycles. The summed E-state index contributed by atoms with van der Waals surface area (Å²) in [6.07, 6.45) is 0.125. The molecule has 0 bridgehead atoms. The molecule has 4 nitrogen and oxygen atoms in total. The predicted molar refractivity (Wildman–Crippen MR) is 36.9 cm³/mol. The average Bonchev–Trinajstić information content (AvgIpc) is 2.03. The third-order valence-corrected chi connectivity index (χ3v) is 1.74. The second-order valence-corrected chi connectivity index (χ2v) is 2.58. The van der Waals surface area contributed by atoms with E-state index < -0.39 is 5.97 Å². The van der Waals surface area contributed by atoms with Crippen molar-refractivity contribution >= 4 is 5.97 Å². The summed E-state index contributed by atoms with van der Waals surface area (Å²) in [6, 6.07) is 0. The molecule has 0 saturated carbocycles. The van der Waals surface area contributed by atoms with E-state index in [0.717, 1.165) is 13.1 Å². The smallest absolute Gasteiger partial charge is 0.550 e. The van der Waals surface area contributed by atoms with Crippen LogP contribution >= 0.6 is 0 Å². The van der Waals surface area contributed by atoms with Crippen molar-refractivity contribution in [3.05, 3.63) is 0 Å². The minimum Gasteiger partial charge on any atom is -0.550 e. The molecule has 0 unspecified atom stereocenters. The zero-order valence-electron chi connectivity index (χ0n) is 7.12. The summed E-state index contributed by atoms with van der Waals surface area (Å²) in [5, 5.41) is 10.1. The molecule has 1 saturated heterocycles. The van der Waals surface area contributed by atoms with E-state index >= 15 is 0 Å². The van der Waals surface area contributed by atoms with E-state index in [0.29, 0.717) is 19.8 Å². The van der Waals surface area contributed by atoms with Crippen molar-refractivity contribution in [3.8, 4) is 0 Å². The van der Waals surface area contributed by atoms with Crippen molar-refractivity contribution in [1.29, 1.82) is 0 Å². The van der Waals surface area contributed by atoms with E-state index in [1.165, 1.54) is 0 Å². The van der Waals surface area contributed by atoms with Gasteiger partial charge in [0.15, 0.2) is 0 Å². The molecule has 0 amide bonds. The van der Waals surface area contributed by atoms with Gasteiger partial charge < -0.3 is 14.6 Å². The standard InChI is InChI=1S/C7H13NO3.Zn/c9-7(10)1-2-8-3-5-11-6-4-8;/h1-6H2,(H,9,10);/q;+2/p-1. The van der Waals surface area contributed by atoms with Crippen LogP contribution in [0.2, 0.25) is 0 Å². The van der Waals surface area contributed by atoms with Gasteiger partial charge in [0.2, 0.25) is 0 Å². The number of nitrogens with zero attached hydrogens (tertiary/aromatic N) is 1. The molecule has 1 aliphatic rings. The molecule has 0 N–H and O–H groups in total. The predicted octanol–water partition coefficient (Wildman–Crippen LogP) is -1.54. The van der Waals surface area contributed by atoms with Gasteiger partial charge in [-0.2, -0.15) is 0 Å². The quantitative estimate of drug-likeness (QED) is 0.544. The number of carboxylic acid groups (broad SMARTS) is 1. The van der Waals surface area contributed by atoms with Gasteiger partial charge in [-0.15, -0.1) is 0 Å². The van der Waals surface area contributed by atoms with Crippen molar-refractivity contribution in [2.75, 3.05) is 32.8 Å². The zero-order chi connectivity index (χ0) is 8.10. The number of carbonyl (C=O) groups excluding carboxylic acids is 1. The Morgan fingerprint density at radius 3 is 2.50 bits per heavy atom. The van der Waals surface area contributed by atoms with Crippen molar-refractivity contribution in [2.45, 2.75) is 6.42 Å². The average molecular weight is 224 g/mol. The molecule has 64 valence electrons. The largest absolute Gasteiger partial charge is 2.00 e. The number of morpholine rings is 1. The van der Waals surface area contributed by atoms with E-state index in [4.69, 9.17) is 4.74 Å². The van der Waals surface area contributed by atoms with Gasteiger partial charge in [-0.25, -0.2) is 0 Å². The Morgan fingerprint density at radius 2 is 2.00 bits per heavy atom. The Kier molecular flexibility index (Phi) is 6.53. The fourth-order valence-corrected chi connectivity index (χ4v) is 1.07. The van der Waals surface area contributed by atoms with E-state index in [-0.39, 0.29) is 25.9 Å². The normalized spacial score (nSPS) is 18.3. The number of aliphatic carboxylic acids is 1.